The number of rotatable bonds is 2. The van der Waals surface area contributed by atoms with Gasteiger partial charge in [0.1, 0.15) is 5.60 Å². The molecule has 0 radical (unpaired) electrons. The summed E-state index contributed by atoms with van der Waals surface area (Å²) in [7, 11) is 0. The Morgan fingerprint density at radius 2 is 1.81 bits per heavy atom. The molecule has 1 rings (SSSR count). The van der Waals surface area contributed by atoms with Gasteiger partial charge in [-0.3, -0.25) is 0 Å². The Hall–Kier alpha value is -1.51. The van der Waals surface area contributed by atoms with Gasteiger partial charge in [-0.1, -0.05) is 30.3 Å². The summed E-state index contributed by atoms with van der Waals surface area (Å²) in [5, 5.41) is 2.79. The molecule has 0 spiro atoms. The van der Waals surface area contributed by atoms with Crippen molar-refractivity contribution in [3.63, 3.8) is 0 Å². The van der Waals surface area contributed by atoms with E-state index < -0.39 is 5.60 Å². The Balaban J connectivity index is 2.52. The molecule has 0 aliphatic heterocycles. The second-order valence-corrected chi connectivity index (χ2v) is 4.78. The third kappa shape index (κ3) is 4.34. The summed E-state index contributed by atoms with van der Waals surface area (Å²) in [6.07, 6.45) is -0.385. The Bertz CT molecular complexity index is 341. The van der Waals surface area contributed by atoms with Crippen LogP contribution < -0.4 is 5.32 Å². The van der Waals surface area contributed by atoms with E-state index in [0.717, 1.165) is 5.56 Å². The lowest BCUT2D eigenvalue weighted by molar-refractivity contribution is 0.0508. The summed E-state index contributed by atoms with van der Waals surface area (Å²) in [5.41, 5.74) is 0.605. The summed E-state index contributed by atoms with van der Waals surface area (Å²) >= 11 is 0. The molecular formula is C13H19NO2. The van der Waals surface area contributed by atoms with Gasteiger partial charge in [0.25, 0.3) is 0 Å². The molecule has 0 aromatic heterocycles. The highest BCUT2D eigenvalue weighted by molar-refractivity contribution is 5.68. The third-order valence-electron chi connectivity index (χ3n) is 2.03. The van der Waals surface area contributed by atoms with E-state index in [1.165, 1.54) is 0 Å². The zero-order chi connectivity index (χ0) is 12.2. The summed E-state index contributed by atoms with van der Waals surface area (Å²) in [4.78, 5) is 11.5. The van der Waals surface area contributed by atoms with Crippen LogP contribution in [0.3, 0.4) is 0 Å². The van der Waals surface area contributed by atoms with E-state index in [-0.39, 0.29) is 12.1 Å². The Labute approximate surface area is 96.8 Å². The summed E-state index contributed by atoms with van der Waals surface area (Å²) in [5.74, 6) is 0. The van der Waals surface area contributed by atoms with Crippen LogP contribution in [0.2, 0.25) is 0 Å². The van der Waals surface area contributed by atoms with Crippen LogP contribution in [0.1, 0.15) is 39.3 Å². The minimum absolute atomic E-state index is 0.0453. The van der Waals surface area contributed by atoms with Crippen LogP contribution in [-0.2, 0) is 4.74 Å². The van der Waals surface area contributed by atoms with E-state index in [0.29, 0.717) is 0 Å². The van der Waals surface area contributed by atoms with E-state index in [1.54, 1.807) is 0 Å². The van der Waals surface area contributed by atoms with E-state index in [4.69, 9.17) is 4.74 Å². The molecule has 1 amide bonds. The van der Waals surface area contributed by atoms with Gasteiger partial charge >= 0.3 is 6.09 Å². The average molecular weight is 221 g/mol. The molecule has 16 heavy (non-hydrogen) atoms. The minimum atomic E-state index is -0.458. The van der Waals surface area contributed by atoms with Crippen molar-refractivity contribution >= 4 is 6.09 Å². The van der Waals surface area contributed by atoms with Crippen LogP contribution in [0.15, 0.2) is 30.3 Å². The third-order valence-corrected chi connectivity index (χ3v) is 2.03. The van der Waals surface area contributed by atoms with Crippen molar-refractivity contribution in [2.45, 2.75) is 39.3 Å². The number of alkyl carbamates (subject to hydrolysis) is 1. The molecule has 3 heteroatoms. The number of hydrogen-bond acceptors (Lipinski definition) is 2. The molecular weight excluding hydrogens is 202 g/mol. The summed E-state index contributed by atoms with van der Waals surface area (Å²) < 4.78 is 5.18. The molecule has 0 bridgehead atoms. The smallest absolute Gasteiger partial charge is 0.408 e. The number of hydrogen-bond donors (Lipinski definition) is 1. The van der Waals surface area contributed by atoms with Gasteiger partial charge in [-0.05, 0) is 33.3 Å². The largest absolute Gasteiger partial charge is 0.444 e. The van der Waals surface area contributed by atoms with Gasteiger partial charge in [-0.15, -0.1) is 0 Å². The van der Waals surface area contributed by atoms with Gasteiger partial charge in [0, 0.05) is 0 Å². The number of carbonyl (C=O) groups excluding carboxylic acids is 1. The average Bonchev–Trinajstić information content (AvgIpc) is 2.16. The first-order chi connectivity index (χ1) is 7.38. The quantitative estimate of drug-likeness (QED) is 0.832. The fraction of sp³-hybridized carbons (Fsp3) is 0.462. The van der Waals surface area contributed by atoms with E-state index in [2.05, 4.69) is 5.32 Å². The first-order valence-corrected chi connectivity index (χ1v) is 5.43. The minimum Gasteiger partial charge on any atom is -0.444 e. The molecule has 0 aliphatic carbocycles. The molecule has 1 atom stereocenters. The van der Waals surface area contributed by atoms with Crippen molar-refractivity contribution in [3.8, 4) is 0 Å². The highest BCUT2D eigenvalue weighted by Gasteiger charge is 2.17. The van der Waals surface area contributed by atoms with Gasteiger partial charge < -0.3 is 10.1 Å². The van der Waals surface area contributed by atoms with E-state index in [1.807, 2.05) is 58.0 Å². The van der Waals surface area contributed by atoms with Crippen LogP contribution in [0, 0.1) is 0 Å². The van der Waals surface area contributed by atoms with Crippen LogP contribution >= 0.6 is 0 Å². The topological polar surface area (TPSA) is 38.3 Å². The molecule has 1 aromatic rings. The molecule has 0 saturated heterocycles. The zero-order valence-corrected chi connectivity index (χ0v) is 10.3. The number of ether oxygens (including phenoxy) is 1. The number of amides is 1. The monoisotopic (exact) mass is 221 g/mol. The molecule has 0 aliphatic rings. The molecule has 88 valence electrons. The van der Waals surface area contributed by atoms with Crippen molar-refractivity contribution in [1.29, 1.82) is 0 Å². The maximum Gasteiger partial charge on any atom is 0.408 e. The van der Waals surface area contributed by atoms with Crippen molar-refractivity contribution < 1.29 is 9.53 Å². The Morgan fingerprint density at radius 1 is 1.25 bits per heavy atom. The van der Waals surface area contributed by atoms with Crippen molar-refractivity contribution in [2.24, 2.45) is 0 Å². The van der Waals surface area contributed by atoms with E-state index >= 15 is 0 Å². The predicted molar refractivity (Wildman–Crippen MR) is 64.2 cm³/mol. The van der Waals surface area contributed by atoms with Gasteiger partial charge in [0.15, 0.2) is 0 Å². The van der Waals surface area contributed by atoms with Gasteiger partial charge in [-0.2, -0.15) is 0 Å². The molecule has 0 saturated carbocycles. The molecule has 0 fully saturated rings. The van der Waals surface area contributed by atoms with Crippen molar-refractivity contribution in [3.05, 3.63) is 35.9 Å². The molecule has 0 unspecified atom stereocenters. The lowest BCUT2D eigenvalue weighted by Crippen LogP contribution is -2.33. The van der Waals surface area contributed by atoms with Crippen molar-refractivity contribution in [1.82, 2.24) is 5.32 Å². The van der Waals surface area contributed by atoms with Gasteiger partial charge in [-0.25, -0.2) is 4.79 Å². The Kier molecular flexibility index (Phi) is 3.93. The SMILES string of the molecule is C[C@H](NC(=O)OC(C)(C)C)c1ccccc1. The second-order valence-electron chi connectivity index (χ2n) is 4.78. The normalized spacial score (nSPS) is 13.0. The lowest BCUT2D eigenvalue weighted by atomic mass is 10.1. The maximum atomic E-state index is 11.5. The first kappa shape index (κ1) is 12.6. The number of nitrogens with one attached hydrogen (secondary N) is 1. The predicted octanol–water partition coefficient (Wildman–Crippen LogP) is 3.27. The van der Waals surface area contributed by atoms with Crippen LogP contribution in [0.4, 0.5) is 4.79 Å². The molecule has 1 aromatic carbocycles. The molecule has 0 heterocycles. The summed E-state index contributed by atoms with van der Waals surface area (Å²) in [6.45, 7) is 7.47. The fourth-order valence-electron chi connectivity index (χ4n) is 1.31. The maximum absolute atomic E-state index is 11.5. The zero-order valence-electron chi connectivity index (χ0n) is 10.3. The van der Waals surface area contributed by atoms with E-state index in [9.17, 15) is 4.79 Å². The van der Waals surface area contributed by atoms with Crippen molar-refractivity contribution in [2.75, 3.05) is 0 Å². The first-order valence-electron chi connectivity index (χ1n) is 5.43. The van der Waals surface area contributed by atoms with Gasteiger partial charge in [0.05, 0.1) is 6.04 Å². The lowest BCUT2D eigenvalue weighted by Gasteiger charge is -2.22. The van der Waals surface area contributed by atoms with Crippen LogP contribution in [0.25, 0.3) is 0 Å². The van der Waals surface area contributed by atoms with Crippen LogP contribution in [-0.4, -0.2) is 11.7 Å². The molecule has 1 N–H and O–H groups in total. The highest BCUT2D eigenvalue weighted by atomic mass is 16.6. The highest BCUT2D eigenvalue weighted by Crippen LogP contribution is 2.13. The van der Waals surface area contributed by atoms with Crippen LogP contribution in [0.5, 0.6) is 0 Å². The summed E-state index contributed by atoms with van der Waals surface area (Å²) in [6, 6.07) is 9.75. The van der Waals surface area contributed by atoms with Gasteiger partial charge in [0.2, 0.25) is 0 Å². The number of carbonyl (C=O) groups is 1. The fourth-order valence-corrected chi connectivity index (χ4v) is 1.31. The Morgan fingerprint density at radius 3 is 2.31 bits per heavy atom. The molecule has 3 nitrogen and oxygen atoms in total. The second kappa shape index (κ2) is 5.01. The standard InChI is InChI=1S/C13H19NO2/c1-10(11-8-6-5-7-9-11)14-12(15)16-13(2,3)4/h5-10H,1-4H3,(H,14,15)/t10-/m0/s1. The number of benzene rings is 1.